The van der Waals surface area contributed by atoms with Crippen LogP contribution in [-0.2, 0) is 9.53 Å². The first kappa shape index (κ1) is 5.23. The number of rotatable bonds is 0. The summed E-state index contributed by atoms with van der Waals surface area (Å²) in [4.78, 5) is 10.8. The standard InChI is InChI=1S/C6H9NO2/c8-6-5-3-4(9-6)1-2-7-5/h4-5,7H,1-3H2/t4-,5-/m0/s1. The van der Waals surface area contributed by atoms with Crippen LogP contribution >= 0.6 is 0 Å². The predicted molar refractivity (Wildman–Crippen MR) is 30.9 cm³/mol. The van der Waals surface area contributed by atoms with Crippen molar-refractivity contribution in [2.75, 3.05) is 6.54 Å². The second-order valence-electron chi connectivity index (χ2n) is 2.59. The van der Waals surface area contributed by atoms with E-state index in [1.54, 1.807) is 0 Å². The maximum Gasteiger partial charge on any atom is 0.323 e. The molecule has 3 nitrogen and oxygen atoms in total. The van der Waals surface area contributed by atoms with Gasteiger partial charge in [-0.2, -0.15) is 0 Å². The number of fused-ring (bicyclic) bond motifs is 2. The average molecular weight is 127 g/mol. The molecule has 0 unspecified atom stereocenters. The fraction of sp³-hybridized carbons (Fsp3) is 0.833. The number of carbonyl (C=O) groups excluding carboxylic acids is 1. The van der Waals surface area contributed by atoms with Crippen molar-refractivity contribution in [2.24, 2.45) is 0 Å². The summed E-state index contributed by atoms with van der Waals surface area (Å²) in [5, 5.41) is 3.09. The van der Waals surface area contributed by atoms with Gasteiger partial charge in [0.2, 0.25) is 0 Å². The number of carbonyl (C=O) groups is 1. The lowest BCUT2D eigenvalue weighted by molar-refractivity contribution is -0.141. The molecule has 9 heavy (non-hydrogen) atoms. The highest BCUT2D eigenvalue weighted by atomic mass is 16.6. The van der Waals surface area contributed by atoms with Gasteiger partial charge >= 0.3 is 5.97 Å². The van der Waals surface area contributed by atoms with Gasteiger partial charge in [0.15, 0.2) is 0 Å². The number of hydrogen-bond donors (Lipinski definition) is 1. The monoisotopic (exact) mass is 127 g/mol. The van der Waals surface area contributed by atoms with Gasteiger partial charge < -0.3 is 10.1 Å². The van der Waals surface area contributed by atoms with Gasteiger partial charge in [0.25, 0.3) is 0 Å². The summed E-state index contributed by atoms with van der Waals surface area (Å²) >= 11 is 0. The van der Waals surface area contributed by atoms with E-state index < -0.39 is 0 Å². The molecule has 2 fully saturated rings. The molecule has 2 heterocycles. The Hall–Kier alpha value is -0.570. The fourth-order valence-corrected chi connectivity index (χ4v) is 1.42. The van der Waals surface area contributed by atoms with Gasteiger partial charge in [0.05, 0.1) is 0 Å². The van der Waals surface area contributed by atoms with Crippen molar-refractivity contribution in [3.05, 3.63) is 0 Å². The van der Waals surface area contributed by atoms with Crippen molar-refractivity contribution >= 4 is 5.97 Å². The first-order valence-corrected chi connectivity index (χ1v) is 3.30. The van der Waals surface area contributed by atoms with E-state index in [2.05, 4.69) is 5.32 Å². The van der Waals surface area contributed by atoms with Gasteiger partial charge in [0, 0.05) is 6.42 Å². The molecular formula is C6H9NO2. The summed E-state index contributed by atoms with van der Waals surface area (Å²) in [6.45, 7) is 0.932. The van der Waals surface area contributed by atoms with E-state index in [1.807, 2.05) is 0 Å². The van der Waals surface area contributed by atoms with E-state index in [0.29, 0.717) is 0 Å². The van der Waals surface area contributed by atoms with Gasteiger partial charge in [-0.05, 0) is 13.0 Å². The third-order valence-corrected chi connectivity index (χ3v) is 1.92. The smallest absolute Gasteiger partial charge is 0.323 e. The Morgan fingerprint density at radius 2 is 2.56 bits per heavy atom. The highest BCUT2D eigenvalue weighted by Crippen LogP contribution is 2.20. The quantitative estimate of drug-likeness (QED) is 0.452. The van der Waals surface area contributed by atoms with Gasteiger partial charge in [-0.25, -0.2) is 0 Å². The van der Waals surface area contributed by atoms with Crippen LogP contribution in [0, 0.1) is 0 Å². The highest BCUT2D eigenvalue weighted by Gasteiger charge is 2.36. The van der Waals surface area contributed by atoms with Crippen LogP contribution in [0.4, 0.5) is 0 Å². The molecule has 0 aromatic carbocycles. The molecule has 2 rings (SSSR count). The van der Waals surface area contributed by atoms with E-state index in [-0.39, 0.29) is 18.1 Å². The first-order chi connectivity index (χ1) is 4.36. The summed E-state index contributed by atoms with van der Waals surface area (Å²) in [5.41, 5.74) is 0. The second-order valence-corrected chi connectivity index (χ2v) is 2.59. The lowest BCUT2D eigenvalue weighted by atomic mass is 10.1. The molecule has 2 saturated heterocycles. The third-order valence-electron chi connectivity index (χ3n) is 1.92. The third kappa shape index (κ3) is 0.721. The SMILES string of the molecule is O=C1O[C@H]2CCN[C@H]1C2. The number of ether oxygens (including phenoxy) is 1. The van der Waals surface area contributed by atoms with Crippen molar-refractivity contribution in [3.63, 3.8) is 0 Å². The van der Waals surface area contributed by atoms with E-state index in [4.69, 9.17) is 4.74 Å². The molecule has 2 bridgehead atoms. The molecule has 3 heteroatoms. The zero-order valence-electron chi connectivity index (χ0n) is 5.09. The van der Waals surface area contributed by atoms with Crippen LogP contribution in [0.5, 0.6) is 0 Å². The van der Waals surface area contributed by atoms with Crippen molar-refractivity contribution in [3.8, 4) is 0 Å². The van der Waals surface area contributed by atoms with Crippen LogP contribution in [-0.4, -0.2) is 24.7 Å². The molecule has 0 radical (unpaired) electrons. The topological polar surface area (TPSA) is 38.3 Å². The Morgan fingerprint density at radius 3 is 3.22 bits per heavy atom. The lowest BCUT2D eigenvalue weighted by Crippen LogP contribution is -2.36. The summed E-state index contributed by atoms with van der Waals surface area (Å²) in [5.74, 6) is -0.0579. The van der Waals surface area contributed by atoms with E-state index in [0.717, 1.165) is 19.4 Å². The fourth-order valence-electron chi connectivity index (χ4n) is 1.42. The second kappa shape index (κ2) is 1.70. The van der Waals surface area contributed by atoms with Crippen LogP contribution in [0.15, 0.2) is 0 Å². The molecule has 2 aliphatic heterocycles. The normalized spacial score (nSPS) is 40.7. The Morgan fingerprint density at radius 1 is 1.67 bits per heavy atom. The summed E-state index contributed by atoms with van der Waals surface area (Å²) in [6.07, 6.45) is 2.10. The van der Waals surface area contributed by atoms with Gasteiger partial charge in [0.1, 0.15) is 12.1 Å². The molecule has 0 saturated carbocycles. The molecule has 50 valence electrons. The first-order valence-electron chi connectivity index (χ1n) is 3.30. The predicted octanol–water partition coefficient (Wildman–Crippen LogP) is -0.336. The molecule has 0 aromatic heterocycles. The Labute approximate surface area is 53.4 Å². The van der Waals surface area contributed by atoms with Crippen LogP contribution in [0.25, 0.3) is 0 Å². The zero-order valence-corrected chi connectivity index (χ0v) is 5.09. The number of hydrogen-bond acceptors (Lipinski definition) is 3. The molecule has 1 N–H and O–H groups in total. The minimum absolute atomic E-state index is 0.0174. The van der Waals surface area contributed by atoms with Crippen LogP contribution in [0.1, 0.15) is 12.8 Å². The maximum absolute atomic E-state index is 10.8. The molecule has 2 aliphatic rings. The van der Waals surface area contributed by atoms with Crippen LogP contribution in [0.3, 0.4) is 0 Å². The summed E-state index contributed by atoms with van der Waals surface area (Å²) in [6, 6.07) is 0.0174. The molecule has 0 aliphatic carbocycles. The lowest BCUT2D eigenvalue weighted by Gasteiger charge is -2.14. The van der Waals surface area contributed by atoms with Crippen LogP contribution in [0.2, 0.25) is 0 Å². The summed E-state index contributed by atoms with van der Waals surface area (Å²) < 4.78 is 4.98. The molecule has 2 atom stereocenters. The minimum Gasteiger partial charge on any atom is -0.461 e. The van der Waals surface area contributed by atoms with Gasteiger partial charge in [-0.15, -0.1) is 0 Å². The number of nitrogens with one attached hydrogen (secondary N) is 1. The summed E-state index contributed by atoms with van der Waals surface area (Å²) in [7, 11) is 0. The van der Waals surface area contributed by atoms with Crippen molar-refractivity contribution in [2.45, 2.75) is 25.0 Å². The Kier molecular flexibility index (Phi) is 0.990. The van der Waals surface area contributed by atoms with Crippen molar-refractivity contribution < 1.29 is 9.53 Å². The van der Waals surface area contributed by atoms with Crippen LogP contribution < -0.4 is 5.32 Å². The van der Waals surface area contributed by atoms with E-state index in [1.165, 1.54) is 0 Å². The minimum atomic E-state index is -0.0579. The zero-order chi connectivity index (χ0) is 6.27. The van der Waals surface area contributed by atoms with Crippen molar-refractivity contribution in [1.82, 2.24) is 5.32 Å². The van der Waals surface area contributed by atoms with E-state index in [9.17, 15) is 4.79 Å². The van der Waals surface area contributed by atoms with Gasteiger partial charge in [-0.1, -0.05) is 0 Å². The largest absolute Gasteiger partial charge is 0.461 e. The average Bonchev–Trinajstić information content (AvgIpc) is 2.09. The Balaban J connectivity index is 2.15. The maximum atomic E-state index is 10.8. The van der Waals surface area contributed by atoms with E-state index >= 15 is 0 Å². The molecule has 0 aromatic rings. The van der Waals surface area contributed by atoms with Crippen molar-refractivity contribution in [1.29, 1.82) is 0 Å². The highest BCUT2D eigenvalue weighted by molar-refractivity contribution is 5.78. The molecular weight excluding hydrogens is 118 g/mol. The molecule has 0 amide bonds. The van der Waals surface area contributed by atoms with Gasteiger partial charge in [-0.3, -0.25) is 4.79 Å². The molecule has 0 spiro atoms. The number of piperidine rings is 1. The Bertz CT molecular complexity index is 146. The number of esters is 1.